The Balaban J connectivity index is 0.000000149. The zero-order valence-electron chi connectivity index (χ0n) is 12.8. The quantitative estimate of drug-likeness (QED) is 0.559. The topological polar surface area (TPSA) is 12.9 Å². The van der Waals surface area contributed by atoms with Crippen LogP contribution in [0.2, 0.25) is 0 Å². The fraction of sp³-hybridized carbons (Fsp3) is 0.611. The first-order valence-electron chi connectivity index (χ1n) is 7.78. The van der Waals surface area contributed by atoms with Gasteiger partial charge in [0, 0.05) is 23.9 Å². The highest BCUT2D eigenvalue weighted by molar-refractivity contribution is 7.98. The molecule has 0 N–H and O–H groups in total. The highest BCUT2D eigenvalue weighted by Gasteiger charge is 2.42. The molecule has 110 valence electrons. The Kier molecular flexibility index (Phi) is 6.15. The minimum atomic E-state index is 1.02. The van der Waals surface area contributed by atoms with Gasteiger partial charge in [0.05, 0.1) is 0 Å². The first-order valence-corrected chi connectivity index (χ1v) is 8.93. The van der Waals surface area contributed by atoms with Gasteiger partial charge in [0.15, 0.2) is 0 Å². The van der Waals surface area contributed by atoms with Crippen LogP contribution in [0.3, 0.4) is 0 Å². The molecule has 0 aromatic carbocycles. The van der Waals surface area contributed by atoms with Crippen molar-refractivity contribution < 1.29 is 0 Å². The van der Waals surface area contributed by atoms with Gasteiger partial charge in [0.25, 0.3) is 0 Å². The molecule has 0 amide bonds. The minimum Gasteiger partial charge on any atom is -0.265 e. The van der Waals surface area contributed by atoms with Gasteiger partial charge < -0.3 is 0 Å². The number of thioether (sulfide) groups is 1. The summed E-state index contributed by atoms with van der Waals surface area (Å²) in [4.78, 5) is 3.94. The Morgan fingerprint density at radius 2 is 1.85 bits per heavy atom. The van der Waals surface area contributed by atoms with E-state index in [2.05, 4.69) is 25.4 Å². The van der Waals surface area contributed by atoms with E-state index in [1.165, 1.54) is 18.4 Å². The molecule has 3 fully saturated rings. The van der Waals surface area contributed by atoms with E-state index >= 15 is 0 Å². The molecule has 1 nitrogen and oxygen atoms in total. The summed E-state index contributed by atoms with van der Waals surface area (Å²) in [6.45, 7) is 8.50. The van der Waals surface area contributed by atoms with Crippen molar-refractivity contribution in [3.05, 3.63) is 42.7 Å². The van der Waals surface area contributed by atoms with Crippen LogP contribution >= 0.6 is 11.8 Å². The summed E-state index contributed by atoms with van der Waals surface area (Å²) in [6, 6.07) is 4.08. The Hall–Kier alpha value is -0.760. The van der Waals surface area contributed by atoms with Crippen LogP contribution in [-0.4, -0.2) is 10.7 Å². The van der Waals surface area contributed by atoms with Crippen LogP contribution in [0.1, 0.15) is 38.7 Å². The molecule has 1 heterocycles. The number of aromatic nitrogens is 1. The van der Waals surface area contributed by atoms with Crippen LogP contribution in [0.5, 0.6) is 0 Å². The van der Waals surface area contributed by atoms with Gasteiger partial charge in [-0.3, -0.25) is 4.98 Å². The predicted octanol–water partition coefficient (Wildman–Crippen LogP) is 5.19. The van der Waals surface area contributed by atoms with Crippen LogP contribution < -0.4 is 0 Å². The molecule has 20 heavy (non-hydrogen) atoms. The molecule has 2 heteroatoms. The highest BCUT2D eigenvalue weighted by atomic mass is 32.2. The van der Waals surface area contributed by atoms with Crippen molar-refractivity contribution in [1.29, 1.82) is 0 Å². The highest BCUT2D eigenvalue weighted by Crippen LogP contribution is 2.52. The lowest BCUT2D eigenvalue weighted by atomic mass is 9.55. The van der Waals surface area contributed by atoms with E-state index in [0.717, 1.165) is 35.2 Å². The summed E-state index contributed by atoms with van der Waals surface area (Å²) in [5.41, 5.74) is 1.33. The normalized spacial score (nSPS) is 30.7. The van der Waals surface area contributed by atoms with Crippen LogP contribution in [0.15, 0.2) is 37.2 Å². The molecule has 3 aliphatic rings. The summed E-state index contributed by atoms with van der Waals surface area (Å²) >= 11 is 1.86. The van der Waals surface area contributed by atoms with Gasteiger partial charge in [0.1, 0.15) is 0 Å². The summed E-state index contributed by atoms with van der Waals surface area (Å²) < 4.78 is 0. The maximum absolute atomic E-state index is 3.94. The molecular weight excluding hydrogens is 262 g/mol. The zero-order chi connectivity index (χ0) is 14.4. The third-order valence-corrected chi connectivity index (χ3v) is 5.77. The lowest BCUT2D eigenvalue weighted by Crippen LogP contribution is -2.41. The largest absolute Gasteiger partial charge is 0.265 e. The van der Waals surface area contributed by atoms with Gasteiger partial charge in [-0.2, -0.15) is 11.8 Å². The molecule has 4 rings (SSSR count). The number of rotatable bonds is 4. The molecule has 2 unspecified atom stereocenters. The lowest BCUT2D eigenvalue weighted by molar-refractivity contribution is -0.00154. The Morgan fingerprint density at radius 1 is 1.20 bits per heavy atom. The Bertz CT molecular complexity index is 391. The molecule has 2 atom stereocenters. The second kappa shape index (κ2) is 7.87. The maximum Gasteiger partial charge on any atom is 0.0270 e. The van der Waals surface area contributed by atoms with Crippen molar-refractivity contribution in [2.24, 2.45) is 23.7 Å². The van der Waals surface area contributed by atoms with Gasteiger partial charge in [-0.05, 0) is 60.6 Å². The molecule has 0 radical (unpaired) electrons. The zero-order valence-corrected chi connectivity index (χ0v) is 13.6. The first-order chi connectivity index (χ1) is 9.70. The van der Waals surface area contributed by atoms with Crippen molar-refractivity contribution in [1.82, 2.24) is 4.98 Å². The molecule has 2 bridgehead atoms. The van der Waals surface area contributed by atoms with Crippen LogP contribution in [0.4, 0.5) is 0 Å². The van der Waals surface area contributed by atoms with E-state index in [9.17, 15) is 0 Å². The van der Waals surface area contributed by atoms with Crippen molar-refractivity contribution in [3.8, 4) is 0 Å². The Morgan fingerprint density at radius 3 is 2.35 bits per heavy atom. The van der Waals surface area contributed by atoms with E-state index < -0.39 is 0 Å². The minimum absolute atomic E-state index is 1.02. The SMILES string of the molecule is C=CCSCc1ccncc1.CC1CC2CC(C1)C2C. The van der Waals surface area contributed by atoms with Gasteiger partial charge in [-0.1, -0.05) is 19.9 Å². The van der Waals surface area contributed by atoms with Crippen molar-refractivity contribution in [2.45, 2.75) is 38.9 Å². The second-order valence-electron chi connectivity index (χ2n) is 6.35. The van der Waals surface area contributed by atoms with Crippen molar-refractivity contribution in [3.63, 3.8) is 0 Å². The number of pyridine rings is 1. The third-order valence-electron chi connectivity index (χ3n) is 4.76. The first kappa shape index (κ1) is 15.6. The fourth-order valence-corrected chi connectivity index (χ4v) is 4.21. The predicted molar refractivity (Wildman–Crippen MR) is 89.8 cm³/mol. The van der Waals surface area contributed by atoms with E-state index in [1.807, 2.05) is 42.4 Å². The number of hydrogen-bond donors (Lipinski definition) is 0. The van der Waals surface area contributed by atoms with Crippen LogP contribution in [-0.2, 0) is 5.75 Å². The average molecular weight is 289 g/mol. The van der Waals surface area contributed by atoms with Gasteiger partial charge in [-0.15, -0.1) is 6.58 Å². The monoisotopic (exact) mass is 289 g/mol. The lowest BCUT2D eigenvalue weighted by Gasteiger charge is -2.50. The summed E-state index contributed by atoms with van der Waals surface area (Å²) in [5.74, 6) is 6.44. The second-order valence-corrected chi connectivity index (χ2v) is 7.38. The van der Waals surface area contributed by atoms with Gasteiger partial charge >= 0.3 is 0 Å². The molecule has 0 aliphatic heterocycles. The number of hydrogen-bond acceptors (Lipinski definition) is 2. The molecular formula is C18H27NS. The van der Waals surface area contributed by atoms with Crippen LogP contribution in [0, 0.1) is 23.7 Å². The molecule has 0 spiro atoms. The van der Waals surface area contributed by atoms with Gasteiger partial charge in [0.2, 0.25) is 0 Å². The third kappa shape index (κ3) is 4.37. The molecule has 1 aromatic heterocycles. The molecule has 1 aromatic rings. The molecule has 0 saturated heterocycles. The standard InChI is InChI=1S/C9H11NS.C9H16/c1-2-7-11-8-9-3-5-10-6-4-9;1-6-3-8-5-9(4-6)7(8)2/h2-6H,1,7-8H2;6-9H,3-5H2,1-2H3. The molecule has 3 aliphatic carbocycles. The van der Waals surface area contributed by atoms with E-state index in [0.29, 0.717) is 0 Å². The van der Waals surface area contributed by atoms with E-state index in [1.54, 1.807) is 6.42 Å². The van der Waals surface area contributed by atoms with Crippen molar-refractivity contribution >= 4 is 11.8 Å². The summed E-state index contributed by atoms with van der Waals surface area (Å²) in [7, 11) is 0. The van der Waals surface area contributed by atoms with E-state index in [4.69, 9.17) is 0 Å². The number of nitrogens with zero attached hydrogens (tertiary/aromatic N) is 1. The summed E-state index contributed by atoms with van der Waals surface area (Å²) in [6.07, 6.45) is 10.2. The molecule has 3 saturated carbocycles. The van der Waals surface area contributed by atoms with E-state index in [-0.39, 0.29) is 0 Å². The Labute approximate surface area is 128 Å². The smallest absolute Gasteiger partial charge is 0.0270 e. The average Bonchev–Trinajstić information content (AvgIpc) is 2.49. The van der Waals surface area contributed by atoms with Crippen molar-refractivity contribution in [2.75, 3.05) is 5.75 Å². The number of fused-ring (bicyclic) bond motifs is 2. The van der Waals surface area contributed by atoms with Crippen LogP contribution in [0.25, 0.3) is 0 Å². The fourth-order valence-electron chi connectivity index (χ4n) is 3.50. The summed E-state index contributed by atoms with van der Waals surface area (Å²) in [5, 5.41) is 0. The van der Waals surface area contributed by atoms with Gasteiger partial charge in [-0.25, -0.2) is 0 Å². The maximum atomic E-state index is 3.94.